The van der Waals surface area contributed by atoms with Gasteiger partial charge in [-0.25, -0.2) is 4.79 Å². The number of rotatable bonds is 5. The monoisotopic (exact) mass is 278 g/mol. The van der Waals surface area contributed by atoms with E-state index >= 15 is 0 Å². The van der Waals surface area contributed by atoms with Crippen LogP contribution in [-0.4, -0.2) is 11.8 Å². The first-order chi connectivity index (χ1) is 10.2. The molecule has 0 amide bonds. The Morgan fingerprint density at radius 2 is 1.62 bits per heavy atom. The summed E-state index contributed by atoms with van der Waals surface area (Å²) in [7, 11) is 0. The van der Waals surface area contributed by atoms with Crippen LogP contribution in [0.15, 0.2) is 73.3 Å². The quantitative estimate of drug-likeness (QED) is 0.363. The third kappa shape index (κ3) is 4.28. The molecule has 0 fully saturated rings. The second kappa shape index (κ2) is 7.01. The molecule has 21 heavy (non-hydrogen) atoms. The summed E-state index contributed by atoms with van der Waals surface area (Å²) in [5, 5.41) is 0. The van der Waals surface area contributed by atoms with Gasteiger partial charge in [-0.15, -0.1) is 0 Å². The van der Waals surface area contributed by atoms with Gasteiger partial charge >= 0.3 is 5.97 Å². The number of hydrogen-bond donors (Lipinski definition) is 0. The number of carbonyl (C=O) groups excluding carboxylic acids is 2. The zero-order valence-electron chi connectivity index (χ0n) is 11.4. The molecule has 0 atom stereocenters. The van der Waals surface area contributed by atoms with Crippen LogP contribution < -0.4 is 4.74 Å². The summed E-state index contributed by atoms with van der Waals surface area (Å²) in [4.78, 5) is 23.0. The predicted octanol–water partition coefficient (Wildman–Crippen LogP) is 3.67. The highest BCUT2D eigenvalue weighted by Gasteiger charge is 2.04. The average molecular weight is 278 g/mol. The van der Waals surface area contributed by atoms with E-state index in [4.69, 9.17) is 4.74 Å². The van der Waals surface area contributed by atoms with Gasteiger partial charge < -0.3 is 4.74 Å². The maximum absolute atomic E-state index is 12.0. The molecule has 0 saturated carbocycles. The van der Waals surface area contributed by atoms with Crippen molar-refractivity contribution in [2.24, 2.45) is 0 Å². The van der Waals surface area contributed by atoms with E-state index in [9.17, 15) is 9.59 Å². The topological polar surface area (TPSA) is 43.4 Å². The summed E-state index contributed by atoms with van der Waals surface area (Å²) in [5.41, 5.74) is 1.49. The SMILES string of the molecule is C=CC(=O)Oc1ccc(C(=O)C=Cc2ccccc2)cc1. The van der Waals surface area contributed by atoms with Crippen LogP contribution >= 0.6 is 0 Å². The van der Waals surface area contributed by atoms with E-state index in [1.165, 1.54) is 6.08 Å². The van der Waals surface area contributed by atoms with Crippen LogP contribution in [-0.2, 0) is 4.79 Å². The molecule has 2 aromatic rings. The molecular weight excluding hydrogens is 264 g/mol. The number of esters is 1. The minimum Gasteiger partial charge on any atom is -0.423 e. The molecule has 0 spiro atoms. The number of ether oxygens (including phenoxy) is 1. The lowest BCUT2D eigenvalue weighted by Gasteiger charge is -2.01. The fourth-order valence-corrected chi connectivity index (χ4v) is 1.68. The van der Waals surface area contributed by atoms with Gasteiger partial charge in [-0.05, 0) is 35.9 Å². The summed E-state index contributed by atoms with van der Waals surface area (Å²) in [5.74, 6) is -0.262. The van der Waals surface area contributed by atoms with Crippen LogP contribution in [0.2, 0.25) is 0 Å². The number of ketones is 1. The van der Waals surface area contributed by atoms with Crippen LogP contribution in [0.5, 0.6) is 5.75 Å². The molecule has 0 heterocycles. The zero-order valence-corrected chi connectivity index (χ0v) is 11.4. The van der Waals surface area contributed by atoms with Crippen molar-refractivity contribution in [3.63, 3.8) is 0 Å². The minimum absolute atomic E-state index is 0.111. The Morgan fingerprint density at radius 3 is 2.24 bits per heavy atom. The lowest BCUT2D eigenvalue weighted by Crippen LogP contribution is -2.03. The fraction of sp³-hybridized carbons (Fsp3) is 0. The van der Waals surface area contributed by atoms with Crippen molar-refractivity contribution in [3.05, 3.63) is 84.5 Å². The van der Waals surface area contributed by atoms with Crippen molar-refractivity contribution >= 4 is 17.8 Å². The van der Waals surface area contributed by atoms with Gasteiger partial charge in [0.2, 0.25) is 0 Å². The Balaban J connectivity index is 2.05. The second-order valence-electron chi connectivity index (χ2n) is 4.26. The third-order valence-corrected chi connectivity index (χ3v) is 2.75. The van der Waals surface area contributed by atoms with E-state index in [0.717, 1.165) is 11.6 Å². The van der Waals surface area contributed by atoms with E-state index in [0.29, 0.717) is 11.3 Å². The van der Waals surface area contributed by atoms with Crippen molar-refractivity contribution in [3.8, 4) is 5.75 Å². The fourth-order valence-electron chi connectivity index (χ4n) is 1.68. The maximum Gasteiger partial charge on any atom is 0.335 e. The molecule has 3 heteroatoms. The van der Waals surface area contributed by atoms with Gasteiger partial charge in [0.05, 0.1) is 0 Å². The predicted molar refractivity (Wildman–Crippen MR) is 82.1 cm³/mol. The molecule has 0 aliphatic heterocycles. The van der Waals surface area contributed by atoms with Gasteiger partial charge in [0.1, 0.15) is 5.75 Å². The van der Waals surface area contributed by atoms with Crippen molar-refractivity contribution in [2.75, 3.05) is 0 Å². The van der Waals surface area contributed by atoms with Gasteiger partial charge in [-0.3, -0.25) is 4.79 Å². The van der Waals surface area contributed by atoms with Crippen LogP contribution in [0.4, 0.5) is 0 Å². The highest BCUT2D eigenvalue weighted by molar-refractivity contribution is 6.06. The zero-order chi connectivity index (χ0) is 15.1. The largest absolute Gasteiger partial charge is 0.423 e. The number of hydrogen-bond acceptors (Lipinski definition) is 3. The lowest BCUT2D eigenvalue weighted by atomic mass is 10.1. The molecule has 0 bridgehead atoms. The maximum atomic E-state index is 12.0. The molecule has 0 unspecified atom stereocenters. The van der Waals surface area contributed by atoms with Crippen molar-refractivity contribution < 1.29 is 14.3 Å². The Kier molecular flexibility index (Phi) is 4.83. The summed E-state index contributed by atoms with van der Waals surface area (Å²) in [6.07, 6.45) is 4.36. The highest BCUT2D eigenvalue weighted by Crippen LogP contribution is 2.14. The van der Waals surface area contributed by atoms with Gasteiger partial charge in [-0.1, -0.05) is 43.0 Å². The van der Waals surface area contributed by atoms with E-state index < -0.39 is 5.97 Å². The molecular formula is C18H14O3. The van der Waals surface area contributed by atoms with Crippen molar-refractivity contribution in [1.82, 2.24) is 0 Å². The molecule has 104 valence electrons. The van der Waals surface area contributed by atoms with Gasteiger partial charge in [0, 0.05) is 11.6 Å². The summed E-state index contributed by atoms with van der Waals surface area (Å²) < 4.78 is 4.94. The highest BCUT2D eigenvalue weighted by atomic mass is 16.5. The Labute approximate surface area is 123 Å². The first-order valence-electron chi connectivity index (χ1n) is 6.41. The van der Waals surface area contributed by atoms with Crippen LogP contribution in [0, 0.1) is 0 Å². The molecule has 0 saturated heterocycles. The summed E-state index contributed by atoms with van der Waals surface area (Å²) in [6, 6.07) is 16.0. The van der Waals surface area contributed by atoms with Crippen LogP contribution in [0.3, 0.4) is 0 Å². The van der Waals surface area contributed by atoms with E-state index in [2.05, 4.69) is 6.58 Å². The lowest BCUT2D eigenvalue weighted by molar-refractivity contribution is -0.128. The number of benzene rings is 2. The summed E-state index contributed by atoms with van der Waals surface area (Å²) in [6.45, 7) is 3.32. The van der Waals surface area contributed by atoms with Crippen molar-refractivity contribution in [1.29, 1.82) is 0 Å². The molecule has 0 radical (unpaired) electrons. The first kappa shape index (κ1) is 14.5. The smallest absolute Gasteiger partial charge is 0.335 e. The van der Waals surface area contributed by atoms with E-state index in [-0.39, 0.29) is 5.78 Å². The van der Waals surface area contributed by atoms with Gasteiger partial charge in [0.25, 0.3) is 0 Å². The molecule has 0 aliphatic carbocycles. The number of carbonyl (C=O) groups is 2. The molecule has 2 aromatic carbocycles. The Hall–Kier alpha value is -2.94. The van der Waals surface area contributed by atoms with Gasteiger partial charge in [-0.2, -0.15) is 0 Å². The van der Waals surface area contributed by atoms with Gasteiger partial charge in [0.15, 0.2) is 5.78 Å². The average Bonchev–Trinajstić information content (AvgIpc) is 2.54. The Bertz CT molecular complexity index is 667. The Morgan fingerprint density at radius 1 is 0.952 bits per heavy atom. The molecule has 0 aromatic heterocycles. The first-order valence-corrected chi connectivity index (χ1v) is 6.41. The van der Waals surface area contributed by atoms with E-state index in [1.54, 1.807) is 30.3 Å². The summed E-state index contributed by atoms with van der Waals surface area (Å²) >= 11 is 0. The number of allylic oxidation sites excluding steroid dienone is 1. The molecule has 2 rings (SSSR count). The molecule has 0 N–H and O–H groups in total. The van der Waals surface area contributed by atoms with E-state index in [1.807, 2.05) is 30.3 Å². The normalized spacial score (nSPS) is 10.3. The van der Waals surface area contributed by atoms with Crippen LogP contribution in [0.1, 0.15) is 15.9 Å². The minimum atomic E-state index is -0.530. The second-order valence-corrected chi connectivity index (χ2v) is 4.26. The van der Waals surface area contributed by atoms with Crippen molar-refractivity contribution in [2.45, 2.75) is 0 Å². The third-order valence-electron chi connectivity index (χ3n) is 2.75. The van der Waals surface area contributed by atoms with Crippen LogP contribution in [0.25, 0.3) is 6.08 Å². The standard InChI is InChI=1S/C18H14O3/c1-2-18(20)21-16-11-9-15(10-12-16)17(19)13-8-14-6-4-3-5-7-14/h2-13H,1H2. The molecule has 3 nitrogen and oxygen atoms in total. The molecule has 0 aliphatic rings.